The number of hydrogen-bond donors (Lipinski definition) is 2. The number of likely N-dealkylation sites (tertiary alicyclic amines) is 1. The monoisotopic (exact) mass is 455 g/mol. The van der Waals surface area contributed by atoms with Crippen molar-refractivity contribution in [3.63, 3.8) is 0 Å². The summed E-state index contributed by atoms with van der Waals surface area (Å²) in [4.78, 5) is 26.4. The van der Waals surface area contributed by atoms with Gasteiger partial charge in [-0.05, 0) is 49.6 Å². The Kier molecular flexibility index (Phi) is 7.15. The van der Waals surface area contributed by atoms with Gasteiger partial charge >= 0.3 is 6.03 Å². The highest BCUT2D eigenvalue weighted by Gasteiger charge is 2.26. The maximum Gasteiger partial charge on any atom is 0.315 e. The van der Waals surface area contributed by atoms with E-state index in [-0.39, 0.29) is 27.6 Å². The molecule has 0 aromatic heterocycles. The zero-order valence-electron chi connectivity index (χ0n) is 16.2. The second-order valence-electron chi connectivity index (χ2n) is 7.17. The first kappa shape index (κ1) is 22.3. The summed E-state index contributed by atoms with van der Waals surface area (Å²) < 4.78 is 27.5. The topological polar surface area (TPSA) is 61.4 Å². The summed E-state index contributed by atoms with van der Waals surface area (Å²) in [5.74, 6) is -1.52. The zero-order valence-corrected chi connectivity index (χ0v) is 17.7. The highest BCUT2D eigenvalue weighted by atomic mass is 35.5. The molecule has 3 amide bonds. The van der Waals surface area contributed by atoms with Crippen molar-refractivity contribution >= 4 is 35.1 Å². The second kappa shape index (κ2) is 9.62. The van der Waals surface area contributed by atoms with Crippen molar-refractivity contribution < 1.29 is 18.4 Å². The molecule has 2 N–H and O–H groups in total. The average molecular weight is 456 g/mol. The molecule has 0 saturated carbocycles. The molecule has 0 spiro atoms. The predicted molar refractivity (Wildman–Crippen MR) is 112 cm³/mol. The number of halogens is 4. The van der Waals surface area contributed by atoms with Crippen LogP contribution in [0.15, 0.2) is 36.4 Å². The molecule has 1 fully saturated rings. The quantitative estimate of drug-likeness (QED) is 0.641. The Labute approximate surface area is 183 Å². The van der Waals surface area contributed by atoms with Crippen LogP contribution in [-0.2, 0) is 0 Å². The Balaban J connectivity index is 1.51. The Morgan fingerprint density at radius 1 is 1.07 bits per heavy atom. The molecule has 1 unspecified atom stereocenters. The third-order valence-electron chi connectivity index (χ3n) is 5.08. The Bertz CT molecular complexity index is 950. The smallest absolute Gasteiger partial charge is 0.315 e. The van der Waals surface area contributed by atoms with Gasteiger partial charge in [-0.1, -0.05) is 35.3 Å². The molecule has 1 saturated heterocycles. The Morgan fingerprint density at radius 2 is 1.73 bits per heavy atom. The van der Waals surface area contributed by atoms with Crippen LogP contribution in [-0.4, -0.2) is 36.0 Å². The maximum atomic E-state index is 13.8. The molecule has 2 aromatic carbocycles. The molecular formula is C21H21Cl2F2N3O2. The fourth-order valence-electron chi connectivity index (χ4n) is 3.40. The first-order chi connectivity index (χ1) is 14.3. The van der Waals surface area contributed by atoms with Crippen LogP contribution < -0.4 is 10.6 Å². The number of nitrogens with zero attached hydrogens (tertiary/aromatic N) is 1. The first-order valence-corrected chi connectivity index (χ1v) is 10.3. The lowest BCUT2D eigenvalue weighted by molar-refractivity contribution is 0.0703. The molecule has 160 valence electrons. The fourth-order valence-corrected chi connectivity index (χ4v) is 3.95. The fraction of sp³-hybridized carbons (Fsp3) is 0.333. The molecule has 1 heterocycles. The molecule has 2 aromatic rings. The summed E-state index contributed by atoms with van der Waals surface area (Å²) in [7, 11) is 0. The molecule has 0 aliphatic carbocycles. The van der Waals surface area contributed by atoms with Crippen LogP contribution in [0.25, 0.3) is 0 Å². The van der Waals surface area contributed by atoms with E-state index in [0.717, 1.165) is 0 Å². The van der Waals surface area contributed by atoms with Crippen LogP contribution in [0.3, 0.4) is 0 Å². The van der Waals surface area contributed by atoms with Crippen molar-refractivity contribution in [2.45, 2.75) is 31.8 Å². The van der Waals surface area contributed by atoms with Crippen molar-refractivity contribution in [3.8, 4) is 0 Å². The number of benzene rings is 2. The van der Waals surface area contributed by atoms with Gasteiger partial charge in [-0.25, -0.2) is 13.6 Å². The van der Waals surface area contributed by atoms with Crippen molar-refractivity contribution in [1.29, 1.82) is 0 Å². The first-order valence-electron chi connectivity index (χ1n) is 9.51. The van der Waals surface area contributed by atoms with Crippen molar-refractivity contribution in [2.24, 2.45) is 0 Å². The Hall–Kier alpha value is -2.38. The highest BCUT2D eigenvalue weighted by molar-refractivity contribution is 6.35. The van der Waals surface area contributed by atoms with Gasteiger partial charge in [0.05, 0.1) is 16.6 Å². The minimum absolute atomic E-state index is 0.0440. The lowest BCUT2D eigenvalue weighted by atomic mass is 10.0. The summed E-state index contributed by atoms with van der Waals surface area (Å²) in [6, 6.07) is 7.27. The molecule has 1 aliphatic heterocycles. The van der Waals surface area contributed by atoms with Crippen LogP contribution in [0, 0.1) is 11.6 Å². The molecule has 1 atom stereocenters. The van der Waals surface area contributed by atoms with Gasteiger partial charge in [0.25, 0.3) is 5.91 Å². The number of urea groups is 1. The van der Waals surface area contributed by atoms with Crippen LogP contribution in [0.1, 0.15) is 41.7 Å². The minimum atomic E-state index is -0.614. The van der Waals surface area contributed by atoms with Crippen LogP contribution >= 0.6 is 23.2 Å². The van der Waals surface area contributed by atoms with E-state index >= 15 is 0 Å². The molecule has 0 radical (unpaired) electrons. The number of piperidine rings is 1. The van der Waals surface area contributed by atoms with E-state index in [0.29, 0.717) is 31.5 Å². The number of hydrogen-bond acceptors (Lipinski definition) is 2. The largest absolute Gasteiger partial charge is 0.338 e. The molecule has 0 bridgehead atoms. The number of carbonyl (C=O) groups is 2. The van der Waals surface area contributed by atoms with E-state index in [1.165, 1.54) is 30.3 Å². The van der Waals surface area contributed by atoms with Gasteiger partial charge in [-0.2, -0.15) is 0 Å². The van der Waals surface area contributed by atoms with Gasteiger partial charge in [0.2, 0.25) is 0 Å². The lowest BCUT2D eigenvalue weighted by Gasteiger charge is -2.32. The SMILES string of the molecule is CC(NC(=O)NC1CCN(C(=O)c2ccccc2F)CC1)c1cc(F)c(Cl)cc1Cl. The van der Waals surface area contributed by atoms with E-state index in [1.807, 2.05) is 0 Å². The van der Waals surface area contributed by atoms with E-state index in [4.69, 9.17) is 23.2 Å². The van der Waals surface area contributed by atoms with Crippen molar-refractivity contribution in [3.05, 3.63) is 69.2 Å². The van der Waals surface area contributed by atoms with E-state index in [9.17, 15) is 18.4 Å². The molecule has 9 heteroatoms. The van der Waals surface area contributed by atoms with Crippen LogP contribution in [0.2, 0.25) is 10.0 Å². The molecule has 1 aliphatic rings. The minimum Gasteiger partial charge on any atom is -0.338 e. The molecular weight excluding hydrogens is 435 g/mol. The van der Waals surface area contributed by atoms with Gasteiger partial charge in [0.1, 0.15) is 11.6 Å². The van der Waals surface area contributed by atoms with Crippen molar-refractivity contribution in [1.82, 2.24) is 15.5 Å². The van der Waals surface area contributed by atoms with E-state index in [2.05, 4.69) is 10.6 Å². The lowest BCUT2D eigenvalue weighted by Crippen LogP contribution is -2.49. The van der Waals surface area contributed by atoms with Crippen molar-refractivity contribution in [2.75, 3.05) is 13.1 Å². The van der Waals surface area contributed by atoms with Gasteiger partial charge in [0.15, 0.2) is 0 Å². The number of amides is 3. The van der Waals surface area contributed by atoms with Gasteiger partial charge in [0, 0.05) is 24.2 Å². The van der Waals surface area contributed by atoms with Crippen LogP contribution in [0.4, 0.5) is 13.6 Å². The number of carbonyl (C=O) groups excluding carboxylic acids is 2. The molecule has 30 heavy (non-hydrogen) atoms. The van der Waals surface area contributed by atoms with E-state index in [1.54, 1.807) is 17.9 Å². The third-order valence-corrected chi connectivity index (χ3v) is 5.69. The summed E-state index contributed by atoms with van der Waals surface area (Å²) >= 11 is 11.8. The van der Waals surface area contributed by atoms with Crippen LogP contribution in [0.5, 0.6) is 0 Å². The summed E-state index contributed by atoms with van der Waals surface area (Å²) in [6.07, 6.45) is 1.08. The Morgan fingerprint density at radius 3 is 2.40 bits per heavy atom. The van der Waals surface area contributed by atoms with E-state index < -0.39 is 23.7 Å². The zero-order chi connectivity index (χ0) is 21.8. The summed E-state index contributed by atoms with van der Waals surface area (Å²) in [5, 5.41) is 5.75. The maximum absolute atomic E-state index is 13.8. The normalized spacial score (nSPS) is 15.6. The second-order valence-corrected chi connectivity index (χ2v) is 7.99. The van der Waals surface area contributed by atoms with Gasteiger partial charge < -0.3 is 15.5 Å². The average Bonchev–Trinajstić information content (AvgIpc) is 2.71. The standard InChI is InChI=1S/C21H21Cl2F2N3O2/c1-12(15-10-19(25)17(23)11-16(15)22)26-21(30)27-13-6-8-28(9-7-13)20(29)14-4-2-3-5-18(14)24/h2-5,10-13H,6-9H2,1H3,(H2,26,27,30). The summed E-state index contributed by atoms with van der Waals surface area (Å²) in [6.45, 7) is 2.49. The molecule has 5 nitrogen and oxygen atoms in total. The van der Waals surface area contributed by atoms with Gasteiger partial charge in [-0.15, -0.1) is 0 Å². The highest BCUT2D eigenvalue weighted by Crippen LogP contribution is 2.28. The summed E-state index contributed by atoms with van der Waals surface area (Å²) in [5.41, 5.74) is 0.460. The molecule has 3 rings (SSSR count). The number of nitrogens with one attached hydrogen (secondary N) is 2. The third kappa shape index (κ3) is 5.21. The van der Waals surface area contributed by atoms with Gasteiger partial charge in [-0.3, -0.25) is 4.79 Å². The number of rotatable bonds is 4. The predicted octanol–water partition coefficient (Wildman–Crippen LogP) is 4.94.